The van der Waals surface area contributed by atoms with E-state index in [4.69, 9.17) is 0 Å². The number of hydrogen-bond donors (Lipinski definition) is 1. The van der Waals surface area contributed by atoms with Crippen molar-refractivity contribution in [3.8, 4) is 0 Å². The second kappa shape index (κ2) is 5.92. The molecule has 4 heteroatoms. The molecule has 20 heavy (non-hydrogen) atoms. The third-order valence-electron chi connectivity index (χ3n) is 3.18. The molecule has 2 heterocycles. The highest BCUT2D eigenvalue weighted by atomic mass is 32.1. The van der Waals surface area contributed by atoms with Crippen LogP contribution in [-0.2, 0) is 6.54 Å². The van der Waals surface area contributed by atoms with Crippen LogP contribution in [0.5, 0.6) is 0 Å². The van der Waals surface area contributed by atoms with Gasteiger partial charge in [-0.3, -0.25) is 4.68 Å². The van der Waals surface area contributed by atoms with Crippen LogP contribution in [-0.4, -0.2) is 9.78 Å². The number of aromatic nitrogens is 2. The van der Waals surface area contributed by atoms with Gasteiger partial charge in [-0.05, 0) is 42.1 Å². The highest BCUT2D eigenvalue weighted by molar-refractivity contribution is 7.10. The molecule has 0 aliphatic carbocycles. The first-order valence-corrected chi connectivity index (χ1v) is 7.55. The lowest BCUT2D eigenvalue weighted by atomic mass is 10.2. The van der Waals surface area contributed by atoms with Crippen molar-refractivity contribution in [2.75, 3.05) is 5.32 Å². The highest BCUT2D eigenvalue weighted by Gasteiger charge is 2.06. The molecule has 0 saturated heterocycles. The van der Waals surface area contributed by atoms with Gasteiger partial charge in [0, 0.05) is 23.0 Å². The first kappa shape index (κ1) is 12.9. The monoisotopic (exact) mass is 283 g/mol. The quantitative estimate of drug-likeness (QED) is 0.761. The maximum absolute atomic E-state index is 4.24. The molecule has 0 fully saturated rings. The summed E-state index contributed by atoms with van der Waals surface area (Å²) in [6.07, 6.45) is 3.79. The minimum Gasteiger partial charge on any atom is -0.378 e. The lowest BCUT2D eigenvalue weighted by molar-refractivity contribution is 0.687. The third kappa shape index (κ3) is 3.08. The Labute approximate surface area is 122 Å². The van der Waals surface area contributed by atoms with Crippen LogP contribution in [0.1, 0.15) is 23.4 Å². The Balaban J connectivity index is 1.71. The summed E-state index contributed by atoms with van der Waals surface area (Å²) in [5.41, 5.74) is 2.40. The Morgan fingerprint density at radius 3 is 2.95 bits per heavy atom. The number of rotatable bonds is 5. The van der Waals surface area contributed by atoms with Crippen LogP contribution in [0, 0.1) is 0 Å². The zero-order chi connectivity index (χ0) is 13.8. The molecule has 0 aliphatic rings. The Morgan fingerprint density at radius 1 is 1.25 bits per heavy atom. The summed E-state index contributed by atoms with van der Waals surface area (Å²) < 4.78 is 1.93. The zero-order valence-corrected chi connectivity index (χ0v) is 12.2. The van der Waals surface area contributed by atoms with Crippen LogP contribution < -0.4 is 5.32 Å². The molecule has 2 aromatic heterocycles. The summed E-state index contributed by atoms with van der Waals surface area (Å²) in [4.78, 5) is 1.35. The van der Waals surface area contributed by atoms with Crippen LogP contribution >= 0.6 is 11.3 Å². The van der Waals surface area contributed by atoms with Gasteiger partial charge in [0.05, 0.1) is 12.6 Å². The van der Waals surface area contributed by atoms with Crippen molar-refractivity contribution in [1.82, 2.24) is 9.78 Å². The van der Waals surface area contributed by atoms with E-state index in [1.165, 1.54) is 10.4 Å². The number of nitrogens with zero attached hydrogens (tertiary/aromatic N) is 2. The molecular formula is C16H17N3S. The van der Waals surface area contributed by atoms with Gasteiger partial charge in [0.1, 0.15) is 0 Å². The van der Waals surface area contributed by atoms with Gasteiger partial charge in [0.25, 0.3) is 0 Å². The molecule has 1 unspecified atom stereocenters. The van der Waals surface area contributed by atoms with E-state index in [2.05, 4.69) is 59.1 Å². The second-order valence-corrected chi connectivity index (χ2v) is 5.76. The lowest BCUT2D eigenvalue weighted by Crippen LogP contribution is -2.06. The number of nitrogens with one attached hydrogen (secondary N) is 1. The van der Waals surface area contributed by atoms with Crippen LogP contribution in [0.3, 0.4) is 0 Å². The molecule has 0 aliphatic heterocycles. The molecule has 1 N–H and O–H groups in total. The lowest BCUT2D eigenvalue weighted by Gasteiger charge is -2.14. The Hall–Kier alpha value is -2.07. The van der Waals surface area contributed by atoms with Gasteiger partial charge in [-0.2, -0.15) is 5.10 Å². The van der Waals surface area contributed by atoms with Gasteiger partial charge in [-0.1, -0.05) is 18.2 Å². The Bertz CT molecular complexity index is 644. The summed E-state index contributed by atoms with van der Waals surface area (Å²) >= 11 is 1.78. The minimum absolute atomic E-state index is 0.329. The van der Waals surface area contributed by atoms with E-state index in [9.17, 15) is 0 Å². The smallest absolute Gasteiger partial charge is 0.0660 e. The zero-order valence-electron chi connectivity index (χ0n) is 11.4. The fourth-order valence-electron chi connectivity index (χ4n) is 2.20. The van der Waals surface area contributed by atoms with Gasteiger partial charge in [0.15, 0.2) is 0 Å². The van der Waals surface area contributed by atoms with Crippen molar-refractivity contribution in [3.05, 3.63) is 70.7 Å². The average molecular weight is 283 g/mol. The molecule has 3 aromatic rings. The number of anilines is 1. The van der Waals surface area contributed by atoms with Crippen LogP contribution in [0.15, 0.2) is 60.2 Å². The van der Waals surface area contributed by atoms with E-state index >= 15 is 0 Å². The predicted molar refractivity (Wildman–Crippen MR) is 84.1 cm³/mol. The van der Waals surface area contributed by atoms with E-state index in [0.717, 1.165) is 12.2 Å². The molecule has 0 radical (unpaired) electrons. The van der Waals surface area contributed by atoms with Gasteiger partial charge >= 0.3 is 0 Å². The largest absolute Gasteiger partial charge is 0.378 e. The topological polar surface area (TPSA) is 29.9 Å². The van der Waals surface area contributed by atoms with Crippen molar-refractivity contribution in [3.63, 3.8) is 0 Å². The molecule has 0 amide bonds. The number of thiophene rings is 1. The Kier molecular flexibility index (Phi) is 3.83. The molecule has 1 atom stereocenters. The van der Waals surface area contributed by atoms with Gasteiger partial charge < -0.3 is 5.32 Å². The van der Waals surface area contributed by atoms with Gasteiger partial charge in [0.2, 0.25) is 0 Å². The van der Waals surface area contributed by atoms with Gasteiger partial charge in [-0.15, -0.1) is 11.3 Å². The molecule has 0 saturated carbocycles. The van der Waals surface area contributed by atoms with Crippen molar-refractivity contribution in [2.24, 2.45) is 0 Å². The molecule has 102 valence electrons. The number of benzene rings is 1. The molecule has 1 aromatic carbocycles. The summed E-state index contributed by atoms with van der Waals surface area (Å²) in [5.74, 6) is 0. The second-order valence-electron chi connectivity index (χ2n) is 4.79. The van der Waals surface area contributed by atoms with E-state index in [0.29, 0.717) is 6.04 Å². The third-order valence-corrected chi connectivity index (χ3v) is 4.24. The van der Waals surface area contributed by atoms with E-state index in [1.54, 1.807) is 17.5 Å². The molecule has 0 spiro atoms. The number of hydrogen-bond acceptors (Lipinski definition) is 3. The molecule has 3 nitrogen and oxygen atoms in total. The van der Waals surface area contributed by atoms with Crippen molar-refractivity contribution in [1.29, 1.82) is 0 Å². The van der Waals surface area contributed by atoms with Crippen molar-refractivity contribution < 1.29 is 0 Å². The average Bonchev–Trinajstić information content (AvgIpc) is 3.12. The van der Waals surface area contributed by atoms with E-state index in [-0.39, 0.29) is 0 Å². The van der Waals surface area contributed by atoms with Gasteiger partial charge in [-0.25, -0.2) is 0 Å². The van der Waals surface area contributed by atoms with Crippen molar-refractivity contribution in [2.45, 2.75) is 19.5 Å². The fraction of sp³-hybridized carbons (Fsp3) is 0.188. The normalized spacial score (nSPS) is 12.2. The maximum Gasteiger partial charge on any atom is 0.0660 e. The van der Waals surface area contributed by atoms with Crippen LogP contribution in [0.25, 0.3) is 0 Å². The summed E-state index contributed by atoms with van der Waals surface area (Å²) in [7, 11) is 0. The molecular weight excluding hydrogens is 266 g/mol. The van der Waals surface area contributed by atoms with E-state index in [1.807, 2.05) is 16.9 Å². The first-order chi connectivity index (χ1) is 9.81. The van der Waals surface area contributed by atoms with E-state index < -0.39 is 0 Å². The van der Waals surface area contributed by atoms with Crippen molar-refractivity contribution >= 4 is 17.0 Å². The summed E-state index contributed by atoms with van der Waals surface area (Å²) in [6, 6.07) is 15.0. The standard InChI is InChI=1S/C16H17N3S/c1-13(16-7-3-10-20-16)18-15-6-2-5-14(11-15)12-19-9-4-8-17-19/h2-11,13,18H,12H2,1H3. The minimum atomic E-state index is 0.329. The first-order valence-electron chi connectivity index (χ1n) is 6.67. The molecule has 0 bridgehead atoms. The van der Waals surface area contributed by atoms with Crippen LogP contribution in [0.2, 0.25) is 0 Å². The SMILES string of the molecule is CC(Nc1cccc(Cn2cccn2)c1)c1cccs1. The maximum atomic E-state index is 4.24. The summed E-state index contributed by atoms with van der Waals surface area (Å²) in [6.45, 7) is 2.99. The predicted octanol–water partition coefficient (Wildman–Crippen LogP) is 4.17. The van der Waals surface area contributed by atoms with Crippen LogP contribution in [0.4, 0.5) is 5.69 Å². The highest BCUT2D eigenvalue weighted by Crippen LogP contribution is 2.23. The fourth-order valence-corrected chi connectivity index (χ4v) is 2.93. The summed E-state index contributed by atoms with van der Waals surface area (Å²) in [5, 5.41) is 9.90. The Morgan fingerprint density at radius 2 is 2.20 bits per heavy atom. The molecule has 3 rings (SSSR count).